The molecule has 1 unspecified atom stereocenters. The molecule has 0 aliphatic carbocycles. The van der Waals surface area contributed by atoms with Crippen LogP contribution in [0.2, 0.25) is 0 Å². The number of hydrogen-bond acceptors (Lipinski definition) is 5. The molecule has 5 heterocycles. The van der Waals surface area contributed by atoms with Gasteiger partial charge in [-0.2, -0.15) is 0 Å². The van der Waals surface area contributed by atoms with Gasteiger partial charge in [0.2, 0.25) is 0 Å². The molecule has 0 aromatic carbocycles. The molecule has 3 aliphatic rings. The first kappa shape index (κ1) is 15.8. The van der Waals surface area contributed by atoms with Gasteiger partial charge in [0.15, 0.2) is 5.76 Å². The molecule has 1 N–H and O–H groups in total. The number of amides is 2. The van der Waals surface area contributed by atoms with Crippen LogP contribution in [0.15, 0.2) is 22.7 Å². The van der Waals surface area contributed by atoms with Crippen LogP contribution in [0.25, 0.3) is 11.0 Å². The van der Waals surface area contributed by atoms with E-state index in [-0.39, 0.29) is 17.9 Å². The third-order valence-corrected chi connectivity index (χ3v) is 5.79. The van der Waals surface area contributed by atoms with Crippen molar-refractivity contribution in [3.05, 3.63) is 29.8 Å². The smallest absolute Gasteiger partial charge is 0.289 e. The lowest BCUT2D eigenvalue weighted by Crippen LogP contribution is -2.47. The number of rotatable bonds is 3. The molecule has 0 radical (unpaired) electrons. The van der Waals surface area contributed by atoms with Crippen LogP contribution in [0.5, 0.6) is 0 Å². The standard InChI is InChI=1S/C19H22N4O3/c24-18(21-14-6-12-2-5-22(10-12)11-14)15-8-16-13(9-20-15)7-17(26-16)19(25)23-3-1-4-23/h7-9,12,14H,1-6,10-11H2,(H,21,24)/t12-,14-/m1/s1. The molecule has 7 heteroatoms. The van der Waals surface area contributed by atoms with E-state index >= 15 is 0 Å². The third-order valence-electron chi connectivity index (χ3n) is 5.79. The highest BCUT2D eigenvalue weighted by atomic mass is 16.3. The van der Waals surface area contributed by atoms with Crippen LogP contribution in [-0.4, -0.2) is 65.4 Å². The number of fused-ring (bicyclic) bond motifs is 3. The summed E-state index contributed by atoms with van der Waals surface area (Å²) < 4.78 is 5.69. The van der Waals surface area contributed by atoms with Crippen molar-refractivity contribution in [3.8, 4) is 0 Å². The molecule has 136 valence electrons. The van der Waals surface area contributed by atoms with Gasteiger partial charge in [-0.1, -0.05) is 0 Å². The van der Waals surface area contributed by atoms with Crippen LogP contribution in [0.1, 0.15) is 40.3 Å². The van der Waals surface area contributed by atoms with Gasteiger partial charge < -0.3 is 19.5 Å². The fourth-order valence-electron chi connectivity index (χ4n) is 4.26. The number of furan rings is 1. The molecule has 0 saturated carbocycles. The van der Waals surface area contributed by atoms with E-state index in [1.54, 1.807) is 23.2 Å². The summed E-state index contributed by atoms with van der Waals surface area (Å²) in [4.78, 5) is 33.3. The zero-order valence-electron chi connectivity index (χ0n) is 14.6. The van der Waals surface area contributed by atoms with Gasteiger partial charge >= 0.3 is 0 Å². The minimum atomic E-state index is -0.175. The Balaban J connectivity index is 1.32. The Kier molecular flexibility index (Phi) is 3.70. The molecular weight excluding hydrogens is 332 g/mol. The maximum absolute atomic E-state index is 12.6. The minimum Gasteiger partial charge on any atom is -0.451 e. The molecule has 3 atom stereocenters. The molecule has 5 rings (SSSR count). The zero-order valence-corrected chi connectivity index (χ0v) is 14.6. The van der Waals surface area contributed by atoms with E-state index in [0.717, 1.165) is 51.0 Å². The van der Waals surface area contributed by atoms with Crippen molar-refractivity contribution in [1.82, 2.24) is 20.1 Å². The highest BCUT2D eigenvalue weighted by Gasteiger charge is 2.33. The Labute approximate surface area is 151 Å². The van der Waals surface area contributed by atoms with E-state index in [1.165, 1.54) is 6.42 Å². The highest BCUT2D eigenvalue weighted by Crippen LogP contribution is 2.27. The normalized spacial score (nSPS) is 27.4. The second-order valence-corrected chi connectivity index (χ2v) is 7.68. The topological polar surface area (TPSA) is 78.7 Å². The molecule has 7 nitrogen and oxygen atoms in total. The summed E-state index contributed by atoms with van der Waals surface area (Å²) in [6, 6.07) is 3.52. The van der Waals surface area contributed by atoms with Crippen molar-refractivity contribution < 1.29 is 14.0 Å². The SMILES string of the molecule is O=C(N[C@@H]1C[C@H]2CCN(C2)C1)c1cc2oc(C(=O)N3CCC3)cc2cn1. The number of nitrogens with zero attached hydrogens (tertiary/aromatic N) is 3. The monoisotopic (exact) mass is 354 g/mol. The van der Waals surface area contributed by atoms with Gasteiger partial charge in [0.25, 0.3) is 11.8 Å². The maximum Gasteiger partial charge on any atom is 0.289 e. The van der Waals surface area contributed by atoms with Gasteiger partial charge in [0.05, 0.1) is 0 Å². The number of carbonyl (C=O) groups is 2. The second kappa shape index (κ2) is 6.09. The largest absolute Gasteiger partial charge is 0.451 e. The van der Waals surface area contributed by atoms with Crippen LogP contribution in [0, 0.1) is 5.92 Å². The van der Waals surface area contributed by atoms with E-state index < -0.39 is 0 Å². The molecule has 2 bridgehead atoms. The Hall–Kier alpha value is -2.41. The summed E-state index contributed by atoms with van der Waals surface area (Å²) in [6.07, 6.45) is 4.92. The fourth-order valence-corrected chi connectivity index (χ4v) is 4.26. The number of likely N-dealkylation sites (tertiary alicyclic amines) is 1. The first-order valence-corrected chi connectivity index (χ1v) is 9.38. The number of carbonyl (C=O) groups excluding carboxylic acids is 2. The van der Waals surface area contributed by atoms with Crippen molar-refractivity contribution in [1.29, 1.82) is 0 Å². The minimum absolute atomic E-state index is 0.0924. The number of nitrogens with one attached hydrogen (secondary N) is 1. The molecule has 26 heavy (non-hydrogen) atoms. The van der Waals surface area contributed by atoms with Gasteiger partial charge in [-0.3, -0.25) is 14.6 Å². The van der Waals surface area contributed by atoms with Crippen molar-refractivity contribution in [2.45, 2.75) is 25.3 Å². The molecule has 2 amide bonds. The summed E-state index contributed by atoms with van der Waals surface area (Å²) >= 11 is 0. The fraction of sp³-hybridized carbons (Fsp3) is 0.526. The number of aromatic nitrogens is 1. The van der Waals surface area contributed by atoms with Crippen molar-refractivity contribution in [2.75, 3.05) is 32.7 Å². The average molecular weight is 354 g/mol. The molecule has 0 spiro atoms. The molecular formula is C19H22N4O3. The molecule has 2 aromatic heterocycles. The molecule has 3 fully saturated rings. The van der Waals surface area contributed by atoms with Crippen LogP contribution in [0.3, 0.4) is 0 Å². The lowest BCUT2D eigenvalue weighted by Gasteiger charge is -2.30. The van der Waals surface area contributed by atoms with Crippen molar-refractivity contribution in [3.63, 3.8) is 0 Å². The average Bonchev–Trinajstić information content (AvgIpc) is 3.15. The van der Waals surface area contributed by atoms with Gasteiger partial charge in [-0.15, -0.1) is 0 Å². The Morgan fingerprint density at radius 1 is 1.19 bits per heavy atom. The maximum atomic E-state index is 12.6. The van der Waals surface area contributed by atoms with E-state index in [4.69, 9.17) is 4.42 Å². The Bertz CT molecular complexity index is 861. The first-order valence-electron chi connectivity index (χ1n) is 9.38. The molecule has 2 aromatic rings. The Morgan fingerprint density at radius 3 is 2.85 bits per heavy atom. The van der Waals surface area contributed by atoms with E-state index in [0.29, 0.717) is 23.0 Å². The van der Waals surface area contributed by atoms with Gasteiger partial charge in [-0.25, -0.2) is 0 Å². The predicted molar refractivity (Wildman–Crippen MR) is 94.9 cm³/mol. The van der Waals surface area contributed by atoms with Crippen LogP contribution in [-0.2, 0) is 0 Å². The zero-order chi connectivity index (χ0) is 17.7. The van der Waals surface area contributed by atoms with Crippen LogP contribution >= 0.6 is 0 Å². The quantitative estimate of drug-likeness (QED) is 0.904. The number of piperidine rings is 1. The Morgan fingerprint density at radius 2 is 2.08 bits per heavy atom. The lowest BCUT2D eigenvalue weighted by molar-refractivity contribution is 0.0621. The van der Waals surface area contributed by atoms with Gasteiger partial charge in [0, 0.05) is 49.9 Å². The predicted octanol–water partition coefficient (Wildman–Crippen LogP) is 1.50. The van der Waals surface area contributed by atoms with E-state index in [2.05, 4.69) is 15.2 Å². The molecule has 3 aliphatic heterocycles. The highest BCUT2D eigenvalue weighted by molar-refractivity contribution is 5.99. The third kappa shape index (κ3) is 2.76. The van der Waals surface area contributed by atoms with Crippen LogP contribution in [0.4, 0.5) is 0 Å². The van der Waals surface area contributed by atoms with Crippen molar-refractivity contribution in [2.24, 2.45) is 5.92 Å². The number of pyridine rings is 1. The summed E-state index contributed by atoms with van der Waals surface area (Å²) in [5.41, 5.74) is 0.865. The summed E-state index contributed by atoms with van der Waals surface area (Å²) in [6.45, 7) is 4.78. The first-order chi connectivity index (χ1) is 12.7. The van der Waals surface area contributed by atoms with Gasteiger partial charge in [-0.05, 0) is 37.8 Å². The van der Waals surface area contributed by atoms with E-state index in [1.807, 2.05) is 0 Å². The van der Waals surface area contributed by atoms with Gasteiger partial charge in [0.1, 0.15) is 11.3 Å². The summed E-state index contributed by atoms with van der Waals surface area (Å²) in [5.74, 6) is 0.747. The lowest BCUT2D eigenvalue weighted by atomic mass is 9.97. The van der Waals surface area contributed by atoms with E-state index in [9.17, 15) is 9.59 Å². The number of hydrogen-bond donors (Lipinski definition) is 1. The second-order valence-electron chi connectivity index (χ2n) is 7.68. The van der Waals surface area contributed by atoms with Crippen LogP contribution < -0.4 is 5.32 Å². The van der Waals surface area contributed by atoms with Crippen molar-refractivity contribution >= 4 is 22.8 Å². The summed E-state index contributed by atoms with van der Waals surface area (Å²) in [5, 5.41) is 3.85. The summed E-state index contributed by atoms with van der Waals surface area (Å²) in [7, 11) is 0. The molecule has 3 saturated heterocycles.